The Morgan fingerprint density at radius 2 is 1.47 bits per heavy atom. The number of nitrogens with one attached hydrogen (secondary N) is 2. The first-order valence-electron chi connectivity index (χ1n) is 11.8. The third-order valence-corrected chi connectivity index (χ3v) is 5.91. The fraction of sp³-hybridized carbons (Fsp3) is 0.276. The third-order valence-electron chi connectivity index (χ3n) is 5.91. The largest absolute Gasteiger partial charge is 0.481 e. The third kappa shape index (κ3) is 7.50. The van der Waals surface area contributed by atoms with Gasteiger partial charge < -0.3 is 15.7 Å². The number of hydrogen-bond donors (Lipinski definition) is 3. The van der Waals surface area contributed by atoms with Crippen molar-refractivity contribution in [2.24, 2.45) is 5.92 Å². The Labute approximate surface area is 210 Å². The molecule has 3 rings (SSSR count). The minimum absolute atomic E-state index is 0.0678. The van der Waals surface area contributed by atoms with Gasteiger partial charge >= 0.3 is 5.97 Å². The van der Waals surface area contributed by atoms with Gasteiger partial charge in [-0.15, -0.1) is 0 Å². The number of carboxylic acids is 1. The van der Waals surface area contributed by atoms with Crippen LogP contribution in [0.5, 0.6) is 0 Å². The number of carbonyl (C=O) groups excluding carboxylic acids is 2. The number of benzene rings is 3. The Hall–Kier alpha value is -4.00. The highest BCUT2D eigenvalue weighted by atomic mass is 19.1. The van der Waals surface area contributed by atoms with Gasteiger partial charge in [-0.2, -0.15) is 0 Å². The smallest absolute Gasteiger partial charge is 0.306 e. The van der Waals surface area contributed by atoms with Crippen molar-refractivity contribution in [3.05, 3.63) is 95.8 Å². The molecular formula is C29H31FN2O4. The molecular weight excluding hydrogens is 459 g/mol. The van der Waals surface area contributed by atoms with Crippen molar-refractivity contribution in [1.82, 2.24) is 10.6 Å². The van der Waals surface area contributed by atoms with Crippen molar-refractivity contribution in [1.29, 1.82) is 0 Å². The van der Waals surface area contributed by atoms with Crippen LogP contribution in [0, 0.1) is 11.7 Å². The number of hydrogen-bond acceptors (Lipinski definition) is 3. The lowest BCUT2D eigenvalue weighted by Gasteiger charge is -2.30. The van der Waals surface area contributed by atoms with Crippen LogP contribution in [-0.2, 0) is 16.0 Å². The number of rotatable bonds is 10. The van der Waals surface area contributed by atoms with Gasteiger partial charge in [0.15, 0.2) is 0 Å². The number of amides is 2. The summed E-state index contributed by atoms with van der Waals surface area (Å²) in [5, 5.41) is 15.0. The van der Waals surface area contributed by atoms with Crippen LogP contribution >= 0.6 is 0 Å². The summed E-state index contributed by atoms with van der Waals surface area (Å²) in [4.78, 5) is 37.6. The van der Waals surface area contributed by atoms with Gasteiger partial charge in [0.1, 0.15) is 11.9 Å². The van der Waals surface area contributed by atoms with Crippen LogP contribution in [0.2, 0.25) is 0 Å². The summed E-state index contributed by atoms with van der Waals surface area (Å²) in [7, 11) is 0. The van der Waals surface area contributed by atoms with E-state index in [1.165, 1.54) is 19.1 Å². The second kappa shape index (κ2) is 11.6. The van der Waals surface area contributed by atoms with E-state index in [1.807, 2.05) is 56.3 Å². The molecule has 0 saturated carbocycles. The molecule has 0 fully saturated rings. The van der Waals surface area contributed by atoms with Gasteiger partial charge in [0.2, 0.25) is 5.91 Å². The van der Waals surface area contributed by atoms with E-state index in [9.17, 15) is 23.9 Å². The molecule has 3 aromatic carbocycles. The van der Waals surface area contributed by atoms with E-state index in [1.54, 1.807) is 24.3 Å². The minimum Gasteiger partial charge on any atom is -0.481 e. The molecule has 2 amide bonds. The summed E-state index contributed by atoms with van der Waals surface area (Å²) in [6.45, 7) is 5.12. The number of carboxylic acid groups (broad SMARTS) is 1. The van der Waals surface area contributed by atoms with Crippen molar-refractivity contribution < 1.29 is 23.9 Å². The van der Waals surface area contributed by atoms with Crippen LogP contribution in [0.1, 0.15) is 43.1 Å². The molecule has 0 heterocycles. The molecule has 188 valence electrons. The average Bonchev–Trinajstić information content (AvgIpc) is 2.85. The summed E-state index contributed by atoms with van der Waals surface area (Å²) in [6, 6.07) is 21.7. The average molecular weight is 491 g/mol. The fourth-order valence-corrected chi connectivity index (χ4v) is 3.95. The summed E-state index contributed by atoms with van der Waals surface area (Å²) in [5.41, 5.74) is 2.44. The first kappa shape index (κ1) is 26.6. The lowest BCUT2D eigenvalue weighted by Crippen LogP contribution is -2.54. The normalized spacial score (nSPS) is 12.9. The predicted molar refractivity (Wildman–Crippen MR) is 137 cm³/mol. The van der Waals surface area contributed by atoms with Crippen LogP contribution in [0.3, 0.4) is 0 Å². The standard InChI is InChI=1S/C29H31FN2O4/c1-19(28(35)36)17-25(27(34)32-29(2,3)18-20-9-15-24(30)16-10-20)31-26(33)23-13-11-22(12-14-23)21-7-5-4-6-8-21/h4-16,19,25H,17-18H2,1-3H3,(H,31,33)(H,32,34)(H,35,36). The van der Waals surface area contributed by atoms with E-state index in [0.717, 1.165) is 16.7 Å². The van der Waals surface area contributed by atoms with E-state index >= 15 is 0 Å². The molecule has 6 nitrogen and oxygen atoms in total. The highest BCUT2D eigenvalue weighted by Crippen LogP contribution is 2.20. The van der Waals surface area contributed by atoms with Crippen molar-refractivity contribution in [2.45, 2.75) is 45.2 Å². The second-order valence-electron chi connectivity index (χ2n) is 9.62. The van der Waals surface area contributed by atoms with Gasteiger partial charge in [0, 0.05) is 11.1 Å². The second-order valence-corrected chi connectivity index (χ2v) is 9.62. The summed E-state index contributed by atoms with van der Waals surface area (Å²) in [6.07, 6.45) is 0.358. The molecule has 2 unspecified atom stereocenters. The van der Waals surface area contributed by atoms with Crippen molar-refractivity contribution in [2.75, 3.05) is 0 Å². The summed E-state index contributed by atoms with van der Waals surface area (Å²) >= 11 is 0. The van der Waals surface area contributed by atoms with Gasteiger partial charge in [-0.05, 0) is 67.6 Å². The van der Waals surface area contributed by atoms with Gasteiger partial charge in [-0.25, -0.2) is 4.39 Å². The molecule has 36 heavy (non-hydrogen) atoms. The molecule has 2 atom stereocenters. The molecule has 0 aliphatic rings. The molecule has 0 bridgehead atoms. The van der Waals surface area contributed by atoms with E-state index in [2.05, 4.69) is 10.6 Å². The number of halogens is 1. The van der Waals surface area contributed by atoms with Crippen LogP contribution < -0.4 is 10.6 Å². The van der Waals surface area contributed by atoms with Crippen molar-refractivity contribution in [3.63, 3.8) is 0 Å². The summed E-state index contributed by atoms with van der Waals surface area (Å²) in [5.74, 6) is -3.20. The zero-order valence-corrected chi connectivity index (χ0v) is 20.6. The lowest BCUT2D eigenvalue weighted by atomic mass is 9.93. The zero-order chi connectivity index (χ0) is 26.3. The Balaban J connectivity index is 1.72. The Morgan fingerprint density at radius 1 is 0.889 bits per heavy atom. The van der Waals surface area contributed by atoms with E-state index in [4.69, 9.17) is 0 Å². The Morgan fingerprint density at radius 3 is 2.06 bits per heavy atom. The maximum Gasteiger partial charge on any atom is 0.306 e. The predicted octanol–water partition coefficient (Wildman–Crippen LogP) is 4.84. The molecule has 0 aliphatic heterocycles. The molecule has 3 aromatic rings. The summed E-state index contributed by atoms with van der Waals surface area (Å²) < 4.78 is 13.2. The van der Waals surface area contributed by atoms with Gasteiger partial charge in [0.25, 0.3) is 5.91 Å². The molecule has 0 saturated heterocycles. The first-order chi connectivity index (χ1) is 17.0. The van der Waals surface area contributed by atoms with Crippen molar-refractivity contribution in [3.8, 4) is 11.1 Å². The number of aliphatic carboxylic acids is 1. The topological polar surface area (TPSA) is 95.5 Å². The maximum absolute atomic E-state index is 13.2. The van der Waals surface area contributed by atoms with E-state index in [0.29, 0.717) is 12.0 Å². The molecule has 7 heteroatoms. The lowest BCUT2D eigenvalue weighted by molar-refractivity contribution is -0.141. The van der Waals surface area contributed by atoms with Crippen LogP contribution in [0.15, 0.2) is 78.9 Å². The highest BCUT2D eigenvalue weighted by molar-refractivity contribution is 5.98. The quantitative estimate of drug-likeness (QED) is 0.379. The minimum atomic E-state index is -1.06. The van der Waals surface area contributed by atoms with Crippen molar-refractivity contribution >= 4 is 17.8 Å². The van der Waals surface area contributed by atoms with Gasteiger partial charge in [-0.3, -0.25) is 14.4 Å². The van der Waals surface area contributed by atoms with Gasteiger partial charge in [0.05, 0.1) is 5.92 Å². The molecule has 0 aromatic heterocycles. The SMILES string of the molecule is CC(CC(NC(=O)c1ccc(-c2ccccc2)cc1)C(=O)NC(C)(C)Cc1ccc(F)cc1)C(=O)O. The van der Waals surface area contributed by atoms with E-state index < -0.39 is 35.3 Å². The monoisotopic (exact) mass is 490 g/mol. The fourth-order valence-electron chi connectivity index (χ4n) is 3.95. The zero-order valence-electron chi connectivity index (χ0n) is 20.6. The Kier molecular flexibility index (Phi) is 8.59. The number of carbonyl (C=O) groups is 3. The Bertz CT molecular complexity index is 1190. The van der Waals surface area contributed by atoms with Crippen LogP contribution in [0.4, 0.5) is 4.39 Å². The first-order valence-corrected chi connectivity index (χ1v) is 11.8. The maximum atomic E-state index is 13.2. The molecule has 0 spiro atoms. The molecule has 3 N–H and O–H groups in total. The molecule has 0 radical (unpaired) electrons. The van der Waals surface area contributed by atoms with Crippen LogP contribution in [-0.4, -0.2) is 34.5 Å². The van der Waals surface area contributed by atoms with E-state index in [-0.39, 0.29) is 12.2 Å². The highest BCUT2D eigenvalue weighted by Gasteiger charge is 2.30. The molecule has 0 aliphatic carbocycles. The van der Waals surface area contributed by atoms with Crippen LogP contribution in [0.25, 0.3) is 11.1 Å². The van der Waals surface area contributed by atoms with Gasteiger partial charge in [-0.1, -0.05) is 61.5 Å².